The fourth-order valence-electron chi connectivity index (χ4n) is 2.56. The fourth-order valence-corrected chi connectivity index (χ4v) is 2.56. The van der Waals surface area contributed by atoms with E-state index in [1.165, 1.54) is 31.4 Å². The minimum absolute atomic E-state index is 0.315. The number of aliphatic hydroxyl groups excluding tert-OH is 1. The number of benzene rings is 1. The van der Waals surface area contributed by atoms with Crippen LogP contribution in [0.2, 0.25) is 0 Å². The summed E-state index contributed by atoms with van der Waals surface area (Å²) >= 11 is 0. The number of hydrogen-bond donors (Lipinski definition) is 1. The first-order valence-corrected chi connectivity index (χ1v) is 6.29. The Labute approximate surface area is 97.9 Å². The number of rotatable bonds is 4. The lowest BCUT2D eigenvalue weighted by Crippen LogP contribution is -2.39. The van der Waals surface area contributed by atoms with Gasteiger partial charge in [-0.05, 0) is 31.4 Å². The zero-order valence-electron chi connectivity index (χ0n) is 9.81. The Morgan fingerprint density at radius 2 is 2.00 bits per heavy atom. The van der Waals surface area contributed by atoms with Crippen molar-refractivity contribution in [2.75, 3.05) is 13.2 Å². The maximum absolute atomic E-state index is 9.08. The highest BCUT2D eigenvalue weighted by Gasteiger charge is 2.21. The molecule has 0 saturated carbocycles. The average Bonchev–Trinajstić information content (AvgIpc) is 2.33. The molecule has 1 heterocycles. The van der Waals surface area contributed by atoms with Gasteiger partial charge in [-0.3, -0.25) is 4.90 Å². The van der Waals surface area contributed by atoms with E-state index in [4.69, 9.17) is 5.11 Å². The van der Waals surface area contributed by atoms with Crippen LogP contribution in [0.5, 0.6) is 0 Å². The predicted molar refractivity (Wildman–Crippen MR) is 66.2 cm³/mol. The van der Waals surface area contributed by atoms with Gasteiger partial charge in [-0.2, -0.15) is 0 Å². The first kappa shape index (κ1) is 11.6. The Hall–Kier alpha value is -0.860. The Morgan fingerprint density at radius 3 is 2.75 bits per heavy atom. The van der Waals surface area contributed by atoms with Gasteiger partial charge in [0.1, 0.15) is 0 Å². The molecule has 0 bridgehead atoms. The molecule has 16 heavy (non-hydrogen) atoms. The molecule has 1 aliphatic heterocycles. The van der Waals surface area contributed by atoms with Crippen LogP contribution in [-0.2, 0) is 6.54 Å². The molecular weight excluding hydrogens is 198 g/mol. The van der Waals surface area contributed by atoms with Crippen molar-refractivity contribution in [3.8, 4) is 0 Å². The molecule has 0 radical (unpaired) electrons. The third-order valence-electron chi connectivity index (χ3n) is 3.44. The summed E-state index contributed by atoms with van der Waals surface area (Å²) in [6, 6.07) is 11.2. The third-order valence-corrected chi connectivity index (χ3v) is 3.44. The molecule has 2 rings (SSSR count). The first-order valence-electron chi connectivity index (χ1n) is 6.29. The predicted octanol–water partition coefficient (Wildman–Crippen LogP) is 2.42. The molecule has 1 fully saturated rings. The standard InChI is InChI=1S/C14H21NO/c16-11-9-14-8-4-5-10-15(14)12-13-6-2-1-3-7-13/h1-3,6-7,14,16H,4-5,8-12H2. The van der Waals surface area contributed by atoms with E-state index in [1.54, 1.807) is 0 Å². The number of aliphatic hydroxyl groups is 1. The zero-order chi connectivity index (χ0) is 11.2. The molecule has 0 spiro atoms. The summed E-state index contributed by atoms with van der Waals surface area (Å²) in [6.45, 7) is 2.53. The lowest BCUT2D eigenvalue weighted by atomic mass is 9.99. The Balaban J connectivity index is 1.96. The Morgan fingerprint density at radius 1 is 1.19 bits per heavy atom. The van der Waals surface area contributed by atoms with Gasteiger partial charge in [0.15, 0.2) is 0 Å². The monoisotopic (exact) mass is 219 g/mol. The van der Waals surface area contributed by atoms with Crippen molar-refractivity contribution in [2.45, 2.75) is 38.3 Å². The van der Waals surface area contributed by atoms with Crippen LogP contribution in [0, 0.1) is 0 Å². The highest BCUT2D eigenvalue weighted by atomic mass is 16.3. The van der Waals surface area contributed by atoms with E-state index >= 15 is 0 Å². The van der Waals surface area contributed by atoms with Gasteiger partial charge >= 0.3 is 0 Å². The van der Waals surface area contributed by atoms with Crippen LogP contribution >= 0.6 is 0 Å². The quantitative estimate of drug-likeness (QED) is 0.840. The topological polar surface area (TPSA) is 23.5 Å². The van der Waals surface area contributed by atoms with Crippen LogP contribution in [0.1, 0.15) is 31.2 Å². The van der Waals surface area contributed by atoms with Crippen molar-refractivity contribution >= 4 is 0 Å². The largest absolute Gasteiger partial charge is 0.396 e. The summed E-state index contributed by atoms with van der Waals surface area (Å²) in [5.74, 6) is 0. The molecule has 1 N–H and O–H groups in total. The van der Waals surface area contributed by atoms with Gasteiger partial charge < -0.3 is 5.11 Å². The molecule has 1 aromatic carbocycles. The average molecular weight is 219 g/mol. The second-order valence-corrected chi connectivity index (χ2v) is 4.62. The molecule has 0 aliphatic carbocycles. The van der Waals surface area contributed by atoms with E-state index in [1.807, 2.05) is 0 Å². The molecule has 1 aromatic rings. The molecule has 1 saturated heterocycles. The minimum Gasteiger partial charge on any atom is -0.396 e. The van der Waals surface area contributed by atoms with Crippen LogP contribution in [0.3, 0.4) is 0 Å². The van der Waals surface area contributed by atoms with E-state index in [2.05, 4.69) is 35.2 Å². The zero-order valence-corrected chi connectivity index (χ0v) is 9.81. The van der Waals surface area contributed by atoms with Crippen LogP contribution in [-0.4, -0.2) is 29.2 Å². The molecule has 88 valence electrons. The lowest BCUT2D eigenvalue weighted by Gasteiger charge is -2.35. The number of piperidine rings is 1. The van der Waals surface area contributed by atoms with E-state index in [0.29, 0.717) is 12.6 Å². The normalized spacial score (nSPS) is 22.2. The molecular formula is C14H21NO. The van der Waals surface area contributed by atoms with E-state index in [9.17, 15) is 0 Å². The molecule has 1 aliphatic rings. The summed E-state index contributed by atoms with van der Waals surface area (Å²) in [4.78, 5) is 2.52. The number of nitrogens with zero attached hydrogens (tertiary/aromatic N) is 1. The molecule has 0 aromatic heterocycles. The second kappa shape index (κ2) is 6.02. The SMILES string of the molecule is OCCC1CCCCN1Cc1ccccc1. The van der Waals surface area contributed by atoms with Gasteiger partial charge in [0.25, 0.3) is 0 Å². The lowest BCUT2D eigenvalue weighted by molar-refractivity contribution is 0.112. The van der Waals surface area contributed by atoms with Gasteiger partial charge in [-0.1, -0.05) is 36.8 Å². The first-order chi connectivity index (χ1) is 7.90. The molecule has 2 heteroatoms. The molecule has 2 nitrogen and oxygen atoms in total. The molecule has 1 atom stereocenters. The van der Waals surface area contributed by atoms with E-state index < -0.39 is 0 Å². The Bertz CT molecular complexity index is 297. The van der Waals surface area contributed by atoms with E-state index in [-0.39, 0.29) is 0 Å². The summed E-state index contributed by atoms with van der Waals surface area (Å²) < 4.78 is 0. The van der Waals surface area contributed by atoms with Crippen LogP contribution in [0.25, 0.3) is 0 Å². The second-order valence-electron chi connectivity index (χ2n) is 4.62. The summed E-state index contributed by atoms with van der Waals surface area (Å²) in [5.41, 5.74) is 1.38. The van der Waals surface area contributed by atoms with Crippen LogP contribution < -0.4 is 0 Å². The van der Waals surface area contributed by atoms with Crippen molar-refractivity contribution < 1.29 is 5.11 Å². The van der Waals surface area contributed by atoms with Gasteiger partial charge in [0.2, 0.25) is 0 Å². The van der Waals surface area contributed by atoms with Crippen LogP contribution in [0.4, 0.5) is 0 Å². The third kappa shape index (κ3) is 3.06. The van der Waals surface area contributed by atoms with Crippen molar-refractivity contribution in [1.29, 1.82) is 0 Å². The van der Waals surface area contributed by atoms with Crippen LogP contribution in [0.15, 0.2) is 30.3 Å². The van der Waals surface area contributed by atoms with Crippen molar-refractivity contribution in [3.63, 3.8) is 0 Å². The summed E-state index contributed by atoms with van der Waals surface area (Å²) in [5, 5.41) is 9.08. The summed E-state index contributed by atoms with van der Waals surface area (Å²) in [7, 11) is 0. The minimum atomic E-state index is 0.315. The number of likely N-dealkylation sites (tertiary alicyclic amines) is 1. The molecule has 1 unspecified atom stereocenters. The van der Waals surface area contributed by atoms with E-state index in [0.717, 1.165) is 13.0 Å². The maximum atomic E-state index is 9.08. The van der Waals surface area contributed by atoms with Gasteiger partial charge in [-0.15, -0.1) is 0 Å². The van der Waals surface area contributed by atoms with Gasteiger partial charge in [0, 0.05) is 19.2 Å². The number of hydrogen-bond acceptors (Lipinski definition) is 2. The van der Waals surface area contributed by atoms with Crippen molar-refractivity contribution in [2.24, 2.45) is 0 Å². The van der Waals surface area contributed by atoms with Gasteiger partial charge in [0.05, 0.1) is 0 Å². The highest BCUT2D eigenvalue weighted by molar-refractivity contribution is 5.14. The molecule has 0 amide bonds. The van der Waals surface area contributed by atoms with Crippen molar-refractivity contribution in [1.82, 2.24) is 4.90 Å². The highest BCUT2D eigenvalue weighted by Crippen LogP contribution is 2.21. The Kier molecular flexibility index (Phi) is 4.37. The maximum Gasteiger partial charge on any atom is 0.0445 e. The van der Waals surface area contributed by atoms with Gasteiger partial charge in [-0.25, -0.2) is 0 Å². The fraction of sp³-hybridized carbons (Fsp3) is 0.571. The summed E-state index contributed by atoms with van der Waals surface area (Å²) in [6.07, 6.45) is 4.78. The van der Waals surface area contributed by atoms with Crippen molar-refractivity contribution in [3.05, 3.63) is 35.9 Å². The smallest absolute Gasteiger partial charge is 0.0445 e.